The second-order valence-corrected chi connectivity index (χ2v) is 4.50. The lowest BCUT2D eigenvalue weighted by Gasteiger charge is -2.11. The molecule has 6 heteroatoms. The molecule has 0 unspecified atom stereocenters. The molecule has 0 aromatic heterocycles. The van der Waals surface area contributed by atoms with Gasteiger partial charge in [0.2, 0.25) is 5.75 Å². The van der Waals surface area contributed by atoms with Gasteiger partial charge in [0.05, 0.1) is 12.0 Å². The van der Waals surface area contributed by atoms with Crippen LogP contribution in [0.2, 0.25) is 0 Å². The van der Waals surface area contributed by atoms with Crippen LogP contribution >= 0.6 is 0 Å². The van der Waals surface area contributed by atoms with Crippen LogP contribution in [0.1, 0.15) is 11.1 Å². The molecular weight excluding hydrogens is 272 g/mol. The van der Waals surface area contributed by atoms with Gasteiger partial charge in [-0.2, -0.15) is 0 Å². The van der Waals surface area contributed by atoms with Crippen LogP contribution in [0.15, 0.2) is 36.4 Å². The van der Waals surface area contributed by atoms with Crippen molar-refractivity contribution in [1.29, 1.82) is 0 Å². The van der Waals surface area contributed by atoms with E-state index in [0.717, 1.165) is 11.1 Å². The SMILES string of the molecule is COc1ccc([N+](=O)[O-])c(Oc2ccc(CN)cc2C)c1. The molecule has 0 saturated heterocycles. The van der Waals surface area contributed by atoms with Crippen molar-refractivity contribution < 1.29 is 14.4 Å². The summed E-state index contributed by atoms with van der Waals surface area (Å²) in [4.78, 5) is 10.6. The molecule has 0 bridgehead atoms. The number of rotatable bonds is 5. The molecule has 2 rings (SSSR count). The fraction of sp³-hybridized carbons (Fsp3) is 0.200. The van der Waals surface area contributed by atoms with E-state index >= 15 is 0 Å². The minimum atomic E-state index is -0.488. The molecule has 21 heavy (non-hydrogen) atoms. The zero-order chi connectivity index (χ0) is 15.4. The zero-order valence-corrected chi connectivity index (χ0v) is 11.8. The Hall–Kier alpha value is -2.60. The average molecular weight is 288 g/mol. The van der Waals surface area contributed by atoms with Crippen LogP contribution in [0.3, 0.4) is 0 Å². The number of nitro groups is 1. The predicted molar refractivity (Wildman–Crippen MR) is 78.8 cm³/mol. The molecule has 0 fully saturated rings. The van der Waals surface area contributed by atoms with Crippen molar-refractivity contribution in [2.24, 2.45) is 5.73 Å². The smallest absolute Gasteiger partial charge is 0.311 e. The highest BCUT2D eigenvalue weighted by Gasteiger charge is 2.17. The predicted octanol–water partition coefficient (Wildman–Crippen LogP) is 3.16. The Morgan fingerprint density at radius 1 is 1.19 bits per heavy atom. The lowest BCUT2D eigenvalue weighted by molar-refractivity contribution is -0.385. The monoisotopic (exact) mass is 288 g/mol. The van der Waals surface area contributed by atoms with Gasteiger partial charge in [-0.25, -0.2) is 0 Å². The van der Waals surface area contributed by atoms with Gasteiger partial charge < -0.3 is 15.2 Å². The number of hydrogen-bond donors (Lipinski definition) is 1. The van der Waals surface area contributed by atoms with E-state index in [1.807, 2.05) is 19.1 Å². The van der Waals surface area contributed by atoms with Crippen molar-refractivity contribution in [3.8, 4) is 17.2 Å². The summed E-state index contributed by atoms with van der Waals surface area (Å²) < 4.78 is 10.8. The Labute approximate surface area is 122 Å². The molecule has 0 spiro atoms. The maximum atomic E-state index is 11.1. The zero-order valence-electron chi connectivity index (χ0n) is 11.8. The first kappa shape index (κ1) is 14.8. The van der Waals surface area contributed by atoms with E-state index in [1.54, 1.807) is 6.07 Å². The number of nitrogens with two attached hydrogens (primary N) is 1. The lowest BCUT2D eigenvalue weighted by atomic mass is 10.1. The van der Waals surface area contributed by atoms with E-state index < -0.39 is 4.92 Å². The highest BCUT2D eigenvalue weighted by atomic mass is 16.6. The van der Waals surface area contributed by atoms with Gasteiger partial charge in [0.15, 0.2) is 0 Å². The van der Waals surface area contributed by atoms with Gasteiger partial charge >= 0.3 is 5.69 Å². The molecule has 110 valence electrons. The largest absolute Gasteiger partial charge is 0.497 e. The van der Waals surface area contributed by atoms with E-state index in [9.17, 15) is 10.1 Å². The van der Waals surface area contributed by atoms with Crippen LogP contribution in [0.5, 0.6) is 17.2 Å². The summed E-state index contributed by atoms with van der Waals surface area (Å²) in [6, 6.07) is 9.85. The van der Waals surface area contributed by atoms with Gasteiger partial charge in [-0.1, -0.05) is 12.1 Å². The molecule has 0 aliphatic heterocycles. The average Bonchev–Trinajstić information content (AvgIpc) is 2.48. The highest BCUT2D eigenvalue weighted by Crippen LogP contribution is 2.35. The molecule has 0 heterocycles. The summed E-state index contributed by atoms with van der Waals surface area (Å²) in [5, 5.41) is 11.1. The van der Waals surface area contributed by atoms with Crippen LogP contribution in [-0.4, -0.2) is 12.0 Å². The number of benzene rings is 2. The molecule has 0 aliphatic rings. The maximum Gasteiger partial charge on any atom is 0.311 e. The number of methoxy groups -OCH3 is 1. The Morgan fingerprint density at radius 2 is 1.95 bits per heavy atom. The standard InChI is InChI=1S/C15H16N2O4/c1-10-7-11(9-16)3-6-14(10)21-15-8-12(20-2)4-5-13(15)17(18)19/h3-8H,9,16H2,1-2H3. The van der Waals surface area contributed by atoms with Crippen molar-refractivity contribution in [3.63, 3.8) is 0 Å². The van der Waals surface area contributed by atoms with Crippen LogP contribution in [-0.2, 0) is 6.54 Å². The molecule has 2 aromatic rings. The van der Waals surface area contributed by atoms with Gasteiger partial charge in [0.1, 0.15) is 11.5 Å². The van der Waals surface area contributed by atoms with Crippen molar-refractivity contribution >= 4 is 5.69 Å². The second kappa shape index (κ2) is 6.23. The molecule has 0 radical (unpaired) electrons. The van der Waals surface area contributed by atoms with Crippen LogP contribution in [0.25, 0.3) is 0 Å². The van der Waals surface area contributed by atoms with Crippen molar-refractivity contribution in [1.82, 2.24) is 0 Å². The van der Waals surface area contributed by atoms with E-state index in [0.29, 0.717) is 18.0 Å². The fourth-order valence-corrected chi connectivity index (χ4v) is 1.93. The first-order valence-electron chi connectivity index (χ1n) is 6.35. The molecule has 2 aromatic carbocycles. The number of nitro benzene ring substituents is 1. The van der Waals surface area contributed by atoms with E-state index in [-0.39, 0.29) is 11.4 Å². The van der Waals surface area contributed by atoms with Crippen LogP contribution in [0.4, 0.5) is 5.69 Å². The fourth-order valence-electron chi connectivity index (χ4n) is 1.93. The second-order valence-electron chi connectivity index (χ2n) is 4.50. The van der Waals surface area contributed by atoms with Gasteiger partial charge in [-0.3, -0.25) is 10.1 Å². The summed E-state index contributed by atoms with van der Waals surface area (Å²) in [6.07, 6.45) is 0. The minimum absolute atomic E-state index is 0.113. The normalized spacial score (nSPS) is 10.2. The third kappa shape index (κ3) is 3.29. The van der Waals surface area contributed by atoms with Gasteiger partial charge in [0, 0.05) is 18.7 Å². The highest BCUT2D eigenvalue weighted by molar-refractivity contribution is 5.53. The number of aryl methyl sites for hydroxylation is 1. The molecule has 0 atom stereocenters. The third-order valence-electron chi connectivity index (χ3n) is 3.06. The maximum absolute atomic E-state index is 11.1. The van der Waals surface area contributed by atoms with E-state index in [4.69, 9.17) is 15.2 Å². The Morgan fingerprint density at radius 3 is 2.52 bits per heavy atom. The Balaban J connectivity index is 2.40. The summed E-state index contributed by atoms with van der Waals surface area (Å²) in [7, 11) is 1.49. The molecule has 6 nitrogen and oxygen atoms in total. The Kier molecular flexibility index (Phi) is 4.39. The number of nitrogens with zero attached hydrogens (tertiary/aromatic N) is 1. The lowest BCUT2D eigenvalue weighted by Crippen LogP contribution is -1.98. The first-order valence-corrected chi connectivity index (χ1v) is 6.35. The first-order chi connectivity index (χ1) is 10.0. The summed E-state index contributed by atoms with van der Waals surface area (Å²) in [6.45, 7) is 2.29. The van der Waals surface area contributed by atoms with E-state index in [2.05, 4.69) is 0 Å². The number of hydrogen-bond acceptors (Lipinski definition) is 5. The molecule has 0 amide bonds. The van der Waals surface area contributed by atoms with Crippen LogP contribution in [0, 0.1) is 17.0 Å². The topological polar surface area (TPSA) is 87.6 Å². The summed E-state index contributed by atoms with van der Waals surface area (Å²) in [5.74, 6) is 1.18. The molecule has 0 saturated carbocycles. The summed E-state index contributed by atoms with van der Waals surface area (Å²) >= 11 is 0. The van der Waals surface area contributed by atoms with Gasteiger partial charge in [0.25, 0.3) is 0 Å². The van der Waals surface area contributed by atoms with Crippen molar-refractivity contribution in [2.75, 3.05) is 7.11 Å². The summed E-state index contributed by atoms with van der Waals surface area (Å²) in [5.41, 5.74) is 7.29. The molecule has 2 N–H and O–H groups in total. The van der Waals surface area contributed by atoms with E-state index in [1.165, 1.54) is 25.3 Å². The van der Waals surface area contributed by atoms with Crippen molar-refractivity contribution in [3.05, 3.63) is 57.6 Å². The van der Waals surface area contributed by atoms with Gasteiger partial charge in [-0.05, 0) is 30.2 Å². The van der Waals surface area contributed by atoms with Gasteiger partial charge in [-0.15, -0.1) is 0 Å². The van der Waals surface area contributed by atoms with Crippen molar-refractivity contribution in [2.45, 2.75) is 13.5 Å². The third-order valence-corrected chi connectivity index (χ3v) is 3.06. The molecular formula is C15H16N2O4. The minimum Gasteiger partial charge on any atom is -0.497 e. The number of ether oxygens (including phenoxy) is 2. The van der Waals surface area contributed by atoms with Crippen LogP contribution < -0.4 is 15.2 Å². The quantitative estimate of drug-likeness (QED) is 0.674. The Bertz CT molecular complexity index is 671. The molecule has 0 aliphatic carbocycles.